The van der Waals surface area contributed by atoms with E-state index in [1.54, 1.807) is 12.1 Å². The van der Waals surface area contributed by atoms with Crippen LogP contribution in [0.3, 0.4) is 0 Å². The van der Waals surface area contributed by atoms with Gasteiger partial charge in [-0.05, 0) is 26.0 Å². The van der Waals surface area contributed by atoms with E-state index in [0.29, 0.717) is 5.69 Å². The molecule has 0 fully saturated rings. The maximum Gasteiger partial charge on any atom is 0.332 e. The van der Waals surface area contributed by atoms with E-state index in [4.69, 9.17) is 5.73 Å². The van der Waals surface area contributed by atoms with Gasteiger partial charge in [-0.1, -0.05) is 6.07 Å². The second kappa shape index (κ2) is 6.08. The Labute approximate surface area is 126 Å². The molecule has 1 aromatic heterocycles. The first kappa shape index (κ1) is 15.2. The van der Waals surface area contributed by atoms with Gasteiger partial charge in [-0.15, -0.1) is 0 Å². The zero-order valence-electron chi connectivity index (χ0n) is 12.1. The fraction of sp³-hybridized carbons (Fsp3) is 0.143. The SMILES string of the molecule is Cc1cc(/C=N\NC(N)=O)c(C)n1-c1cccc([N+](=O)[O-])c1. The minimum Gasteiger partial charge on any atom is -0.350 e. The zero-order valence-corrected chi connectivity index (χ0v) is 12.1. The molecule has 0 radical (unpaired) electrons. The zero-order chi connectivity index (χ0) is 16.3. The van der Waals surface area contributed by atoms with Crippen LogP contribution in [0, 0.1) is 24.0 Å². The highest BCUT2D eigenvalue weighted by Gasteiger charge is 2.12. The number of urea groups is 1. The number of nitro benzene ring substituents is 1. The highest BCUT2D eigenvalue weighted by molar-refractivity contribution is 5.83. The Hall–Kier alpha value is -3.16. The summed E-state index contributed by atoms with van der Waals surface area (Å²) in [7, 11) is 0. The molecule has 1 heterocycles. The second-order valence-electron chi connectivity index (χ2n) is 4.67. The van der Waals surface area contributed by atoms with Crippen LogP contribution >= 0.6 is 0 Å². The van der Waals surface area contributed by atoms with Gasteiger partial charge in [-0.2, -0.15) is 5.10 Å². The molecule has 0 aliphatic heterocycles. The molecule has 0 unspecified atom stereocenters. The second-order valence-corrected chi connectivity index (χ2v) is 4.67. The summed E-state index contributed by atoms with van der Waals surface area (Å²) in [6, 6.07) is 7.48. The minimum absolute atomic E-state index is 0.0237. The Bertz CT molecular complexity index is 764. The summed E-state index contributed by atoms with van der Waals surface area (Å²) in [5.74, 6) is 0. The van der Waals surface area contributed by atoms with Crippen molar-refractivity contribution >= 4 is 17.9 Å². The van der Waals surface area contributed by atoms with Crippen LogP contribution in [-0.4, -0.2) is 21.7 Å². The lowest BCUT2D eigenvalue weighted by Gasteiger charge is -2.09. The Morgan fingerprint density at radius 1 is 1.41 bits per heavy atom. The number of rotatable bonds is 4. The average molecular weight is 301 g/mol. The molecule has 114 valence electrons. The first-order chi connectivity index (χ1) is 10.4. The first-order valence-electron chi connectivity index (χ1n) is 6.42. The Morgan fingerprint density at radius 2 is 2.14 bits per heavy atom. The number of nitrogens with two attached hydrogens (primary N) is 1. The molecule has 22 heavy (non-hydrogen) atoms. The quantitative estimate of drug-likeness (QED) is 0.511. The molecule has 8 heteroatoms. The number of hydrazone groups is 1. The molecule has 2 aromatic rings. The molecule has 0 spiro atoms. The normalized spacial score (nSPS) is 10.8. The molecule has 0 aliphatic carbocycles. The van der Waals surface area contributed by atoms with E-state index in [1.165, 1.54) is 18.3 Å². The maximum atomic E-state index is 10.9. The number of hydrogen-bond acceptors (Lipinski definition) is 4. The number of nitro groups is 1. The van der Waals surface area contributed by atoms with Crippen LogP contribution in [0.2, 0.25) is 0 Å². The number of primary amides is 1. The molecule has 2 rings (SSSR count). The molecule has 3 N–H and O–H groups in total. The third kappa shape index (κ3) is 3.11. The van der Waals surface area contributed by atoms with Gasteiger partial charge in [0.2, 0.25) is 0 Å². The van der Waals surface area contributed by atoms with Gasteiger partial charge in [0.1, 0.15) is 0 Å². The van der Waals surface area contributed by atoms with Gasteiger partial charge in [0, 0.05) is 29.1 Å². The number of benzene rings is 1. The number of aryl methyl sites for hydroxylation is 1. The molecule has 0 atom stereocenters. The van der Waals surface area contributed by atoms with Crippen LogP contribution in [0.4, 0.5) is 10.5 Å². The number of nitrogens with one attached hydrogen (secondary N) is 1. The van der Waals surface area contributed by atoms with E-state index in [9.17, 15) is 14.9 Å². The highest BCUT2D eigenvalue weighted by Crippen LogP contribution is 2.22. The summed E-state index contributed by atoms with van der Waals surface area (Å²) in [5.41, 5.74) is 10.3. The largest absolute Gasteiger partial charge is 0.350 e. The van der Waals surface area contributed by atoms with Gasteiger partial charge in [0.25, 0.3) is 5.69 Å². The standard InChI is InChI=1S/C14H15N5O3/c1-9-6-11(8-16-17-14(15)20)10(2)18(9)12-4-3-5-13(7-12)19(21)22/h3-8H,1-2H3,(H3,15,17,20)/b16-8-. The van der Waals surface area contributed by atoms with Crippen molar-refractivity contribution in [1.82, 2.24) is 9.99 Å². The highest BCUT2D eigenvalue weighted by atomic mass is 16.6. The molecular weight excluding hydrogens is 286 g/mol. The number of aromatic nitrogens is 1. The first-order valence-corrected chi connectivity index (χ1v) is 6.42. The third-order valence-corrected chi connectivity index (χ3v) is 3.15. The van der Waals surface area contributed by atoms with E-state index >= 15 is 0 Å². The van der Waals surface area contributed by atoms with Crippen LogP contribution in [0.5, 0.6) is 0 Å². The number of hydrogen-bond donors (Lipinski definition) is 2. The molecule has 0 bridgehead atoms. The minimum atomic E-state index is -0.747. The van der Waals surface area contributed by atoms with Crippen LogP contribution in [0.15, 0.2) is 35.4 Å². The number of carbonyl (C=O) groups is 1. The molecule has 1 aromatic carbocycles. The number of non-ortho nitro benzene ring substituents is 1. The fourth-order valence-corrected chi connectivity index (χ4v) is 2.23. The predicted molar refractivity (Wildman–Crippen MR) is 82.2 cm³/mol. The van der Waals surface area contributed by atoms with Crippen molar-refractivity contribution in [3.63, 3.8) is 0 Å². The fourth-order valence-electron chi connectivity index (χ4n) is 2.23. The molecule has 0 saturated carbocycles. The molecule has 2 amide bonds. The lowest BCUT2D eigenvalue weighted by molar-refractivity contribution is -0.384. The van der Waals surface area contributed by atoms with Crippen molar-refractivity contribution < 1.29 is 9.72 Å². The Kier molecular flexibility index (Phi) is 4.21. The molecule has 0 saturated heterocycles. The smallest absolute Gasteiger partial charge is 0.332 e. The summed E-state index contributed by atoms with van der Waals surface area (Å²) in [4.78, 5) is 21.1. The lowest BCUT2D eigenvalue weighted by Crippen LogP contribution is -2.24. The maximum absolute atomic E-state index is 10.9. The van der Waals surface area contributed by atoms with Crippen molar-refractivity contribution in [2.24, 2.45) is 10.8 Å². The van der Waals surface area contributed by atoms with Crippen molar-refractivity contribution in [2.45, 2.75) is 13.8 Å². The van der Waals surface area contributed by atoms with E-state index < -0.39 is 11.0 Å². The van der Waals surface area contributed by atoms with Gasteiger partial charge in [-0.25, -0.2) is 10.2 Å². The lowest BCUT2D eigenvalue weighted by atomic mass is 10.2. The van der Waals surface area contributed by atoms with Gasteiger partial charge in [0.15, 0.2) is 0 Å². The monoisotopic (exact) mass is 301 g/mol. The summed E-state index contributed by atoms with van der Waals surface area (Å²) in [5, 5.41) is 14.6. The van der Waals surface area contributed by atoms with E-state index in [0.717, 1.165) is 17.0 Å². The van der Waals surface area contributed by atoms with Crippen molar-refractivity contribution in [3.05, 3.63) is 57.4 Å². The predicted octanol–water partition coefficient (Wildman–Crippen LogP) is 2.00. The van der Waals surface area contributed by atoms with Gasteiger partial charge in [-0.3, -0.25) is 10.1 Å². The van der Waals surface area contributed by atoms with Crippen molar-refractivity contribution in [3.8, 4) is 5.69 Å². The van der Waals surface area contributed by atoms with E-state index in [2.05, 4.69) is 10.5 Å². The van der Waals surface area contributed by atoms with Gasteiger partial charge in [0.05, 0.1) is 16.8 Å². The van der Waals surface area contributed by atoms with Crippen LogP contribution < -0.4 is 11.2 Å². The molecule has 0 aliphatic rings. The van der Waals surface area contributed by atoms with Crippen LogP contribution in [-0.2, 0) is 0 Å². The van der Waals surface area contributed by atoms with E-state index in [-0.39, 0.29) is 5.69 Å². The van der Waals surface area contributed by atoms with Crippen molar-refractivity contribution in [1.29, 1.82) is 0 Å². The molecule has 8 nitrogen and oxygen atoms in total. The van der Waals surface area contributed by atoms with Crippen LogP contribution in [0.25, 0.3) is 5.69 Å². The molecular formula is C14H15N5O3. The average Bonchev–Trinajstić information content (AvgIpc) is 2.73. The summed E-state index contributed by atoms with van der Waals surface area (Å²) in [6.45, 7) is 3.74. The summed E-state index contributed by atoms with van der Waals surface area (Å²) < 4.78 is 1.87. The summed E-state index contributed by atoms with van der Waals surface area (Å²) in [6.07, 6.45) is 1.47. The Balaban J connectivity index is 2.42. The number of amides is 2. The van der Waals surface area contributed by atoms with Crippen molar-refractivity contribution in [2.75, 3.05) is 0 Å². The third-order valence-electron chi connectivity index (χ3n) is 3.15. The number of carbonyl (C=O) groups excluding carboxylic acids is 1. The topological polar surface area (TPSA) is 116 Å². The number of nitrogens with zero attached hydrogens (tertiary/aromatic N) is 3. The van der Waals surface area contributed by atoms with Crippen LogP contribution in [0.1, 0.15) is 17.0 Å². The van der Waals surface area contributed by atoms with Gasteiger partial charge < -0.3 is 10.3 Å². The Morgan fingerprint density at radius 3 is 2.77 bits per heavy atom. The van der Waals surface area contributed by atoms with Gasteiger partial charge >= 0.3 is 6.03 Å². The summed E-state index contributed by atoms with van der Waals surface area (Å²) >= 11 is 0. The van der Waals surface area contributed by atoms with E-state index in [1.807, 2.05) is 24.5 Å².